The molecule has 0 unspecified atom stereocenters. The second kappa shape index (κ2) is 8.00. The number of carbonyl (C=O) groups is 1. The van der Waals surface area contributed by atoms with Crippen LogP contribution in [-0.2, 0) is 4.79 Å². The molecule has 8 heteroatoms. The van der Waals surface area contributed by atoms with Gasteiger partial charge < -0.3 is 20.1 Å². The normalized spacial score (nSPS) is 10.0. The zero-order valence-corrected chi connectivity index (χ0v) is 14.2. The average Bonchev–Trinajstić information content (AvgIpc) is 2.60. The van der Waals surface area contributed by atoms with Crippen LogP contribution in [0.15, 0.2) is 36.4 Å². The predicted molar refractivity (Wildman–Crippen MR) is 94.5 cm³/mol. The Kier molecular flexibility index (Phi) is 5.78. The Morgan fingerprint density at radius 1 is 1.08 bits per heavy atom. The van der Waals surface area contributed by atoms with E-state index in [0.717, 1.165) is 5.56 Å². The quantitative estimate of drug-likeness (QED) is 0.591. The van der Waals surface area contributed by atoms with Crippen molar-refractivity contribution in [3.63, 3.8) is 0 Å². The molecule has 1 amide bonds. The van der Waals surface area contributed by atoms with Crippen LogP contribution in [0.1, 0.15) is 5.56 Å². The maximum absolute atomic E-state index is 12.2. The molecule has 0 heterocycles. The number of benzene rings is 2. The Balaban J connectivity index is 2.09. The van der Waals surface area contributed by atoms with Gasteiger partial charge in [0.2, 0.25) is 5.91 Å². The molecule has 0 saturated carbocycles. The smallest absolute Gasteiger partial charge is 0.271 e. The van der Waals surface area contributed by atoms with Gasteiger partial charge in [0.05, 0.1) is 37.1 Å². The molecule has 132 valence electrons. The summed E-state index contributed by atoms with van der Waals surface area (Å²) in [6.07, 6.45) is 0. The number of nitrogens with zero attached hydrogens (tertiary/aromatic N) is 1. The van der Waals surface area contributed by atoms with Crippen molar-refractivity contribution in [2.75, 3.05) is 31.4 Å². The van der Waals surface area contributed by atoms with Gasteiger partial charge in [-0.1, -0.05) is 6.07 Å². The molecule has 0 radical (unpaired) electrons. The predicted octanol–water partition coefficient (Wildman–Crippen LogP) is 2.97. The van der Waals surface area contributed by atoms with Crippen molar-refractivity contribution >= 4 is 23.0 Å². The fourth-order valence-corrected chi connectivity index (χ4v) is 2.24. The lowest BCUT2D eigenvalue weighted by atomic mass is 10.2. The lowest BCUT2D eigenvalue weighted by Gasteiger charge is -2.13. The van der Waals surface area contributed by atoms with E-state index in [9.17, 15) is 14.9 Å². The van der Waals surface area contributed by atoms with Crippen molar-refractivity contribution in [3.05, 3.63) is 52.1 Å². The molecule has 0 saturated heterocycles. The molecule has 0 aliphatic carbocycles. The number of nitrogens with one attached hydrogen (secondary N) is 2. The molecular weight excluding hydrogens is 326 g/mol. The van der Waals surface area contributed by atoms with Crippen LogP contribution in [-0.4, -0.2) is 31.6 Å². The number of anilines is 2. The van der Waals surface area contributed by atoms with Crippen molar-refractivity contribution in [3.8, 4) is 11.5 Å². The van der Waals surface area contributed by atoms with E-state index < -0.39 is 4.92 Å². The maximum atomic E-state index is 12.2. The monoisotopic (exact) mass is 345 g/mol. The molecule has 2 N–H and O–H groups in total. The van der Waals surface area contributed by atoms with Crippen LogP contribution in [0.3, 0.4) is 0 Å². The zero-order chi connectivity index (χ0) is 18.4. The van der Waals surface area contributed by atoms with Crippen LogP contribution in [0.5, 0.6) is 11.5 Å². The maximum Gasteiger partial charge on any atom is 0.271 e. The van der Waals surface area contributed by atoms with Crippen LogP contribution in [0.2, 0.25) is 0 Å². The SMILES string of the molecule is COc1ccc(C)cc1NCC(=O)Nc1cc([N+](=O)[O-])ccc1OC. The Labute approximate surface area is 144 Å². The Bertz CT molecular complexity index is 792. The van der Waals surface area contributed by atoms with Crippen LogP contribution in [0.25, 0.3) is 0 Å². The summed E-state index contributed by atoms with van der Waals surface area (Å²) in [6.45, 7) is 1.89. The van der Waals surface area contributed by atoms with Crippen LogP contribution in [0, 0.1) is 17.0 Å². The summed E-state index contributed by atoms with van der Waals surface area (Å²) in [5, 5.41) is 16.5. The molecular formula is C17H19N3O5. The summed E-state index contributed by atoms with van der Waals surface area (Å²) in [7, 11) is 2.97. The van der Waals surface area contributed by atoms with Gasteiger partial charge in [-0.15, -0.1) is 0 Å². The summed E-state index contributed by atoms with van der Waals surface area (Å²) < 4.78 is 10.4. The van der Waals surface area contributed by atoms with Crippen molar-refractivity contribution in [2.24, 2.45) is 0 Å². The van der Waals surface area contributed by atoms with Gasteiger partial charge in [0.1, 0.15) is 11.5 Å². The molecule has 0 aromatic heterocycles. The highest BCUT2D eigenvalue weighted by Gasteiger charge is 2.14. The first-order valence-corrected chi connectivity index (χ1v) is 7.45. The topological polar surface area (TPSA) is 103 Å². The molecule has 8 nitrogen and oxygen atoms in total. The summed E-state index contributed by atoms with van der Waals surface area (Å²) in [5.41, 5.74) is 1.80. The van der Waals surface area contributed by atoms with E-state index in [1.165, 1.54) is 25.3 Å². The number of amides is 1. The number of nitro benzene ring substituents is 1. The van der Waals surface area contributed by atoms with E-state index in [0.29, 0.717) is 17.2 Å². The average molecular weight is 345 g/mol. The number of methoxy groups -OCH3 is 2. The Morgan fingerprint density at radius 2 is 1.72 bits per heavy atom. The van der Waals surface area contributed by atoms with E-state index in [1.807, 2.05) is 19.1 Å². The molecule has 0 bridgehead atoms. The highest BCUT2D eigenvalue weighted by atomic mass is 16.6. The standard InChI is InChI=1S/C17H19N3O5/c1-11-4-6-15(24-2)13(8-11)18-10-17(21)19-14-9-12(20(22)23)5-7-16(14)25-3/h4-9,18H,10H2,1-3H3,(H,19,21). The highest BCUT2D eigenvalue weighted by Crippen LogP contribution is 2.29. The van der Waals surface area contributed by atoms with E-state index in [4.69, 9.17) is 9.47 Å². The lowest BCUT2D eigenvalue weighted by Crippen LogP contribution is -2.22. The number of ether oxygens (including phenoxy) is 2. The first-order chi connectivity index (χ1) is 11.9. The third-order valence-corrected chi connectivity index (χ3v) is 3.46. The van der Waals surface area contributed by atoms with Crippen molar-refractivity contribution in [1.29, 1.82) is 0 Å². The summed E-state index contributed by atoms with van der Waals surface area (Å²) in [5.74, 6) is 0.584. The molecule has 0 atom stereocenters. The van der Waals surface area contributed by atoms with Crippen LogP contribution < -0.4 is 20.1 Å². The van der Waals surface area contributed by atoms with E-state index in [-0.39, 0.29) is 23.8 Å². The number of nitro groups is 1. The van der Waals surface area contributed by atoms with Gasteiger partial charge in [0, 0.05) is 12.1 Å². The second-order valence-electron chi connectivity index (χ2n) is 5.25. The van der Waals surface area contributed by atoms with Gasteiger partial charge in [-0.3, -0.25) is 14.9 Å². The minimum absolute atomic E-state index is 0.0361. The van der Waals surface area contributed by atoms with Crippen LogP contribution >= 0.6 is 0 Å². The van der Waals surface area contributed by atoms with Crippen molar-refractivity contribution < 1.29 is 19.2 Å². The Morgan fingerprint density at radius 3 is 2.36 bits per heavy atom. The summed E-state index contributed by atoms with van der Waals surface area (Å²) >= 11 is 0. The number of hydrogen-bond acceptors (Lipinski definition) is 6. The number of non-ortho nitro benzene ring substituents is 1. The third kappa shape index (κ3) is 4.60. The van der Waals surface area contributed by atoms with Gasteiger partial charge in [-0.05, 0) is 30.7 Å². The highest BCUT2D eigenvalue weighted by molar-refractivity contribution is 5.95. The summed E-state index contributed by atoms with van der Waals surface area (Å²) in [4.78, 5) is 22.5. The number of carbonyl (C=O) groups excluding carboxylic acids is 1. The summed E-state index contributed by atoms with van der Waals surface area (Å²) in [6, 6.07) is 9.57. The second-order valence-corrected chi connectivity index (χ2v) is 5.25. The minimum atomic E-state index is -0.537. The molecule has 0 fully saturated rings. The molecule has 0 spiro atoms. The lowest BCUT2D eigenvalue weighted by molar-refractivity contribution is -0.384. The first-order valence-electron chi connectivity index (χ1n) is 7.45. The minimum Gasteiger partial charge on any atom is -0.495 e. The van der Waals surface area contributed by atoms with Crippen LogP contribution in [0.4, 0.5) is 17.1 Å². The molecule has 2 aromatic carbocycles. The van der Waals surface area contributed by atoms with Crippen molar-refractivity contribution in [2.45, 2.75) is 6.92 Å². The number of rotatable bonds is 7. The van der Waals surface area contributed by atoms with Gasteiger partial charge in [0.25, 0.3) is 5.69 Å². The van der Waals surface area contributed by atoms with E-state index >= 15 is 0 Å². The number of aryl methyl sites for hydroxylation is 1. The largest absolute Gasteiger partial charge is 0.495 e. The molecule has 0 aliphatic rings. The molecule has 2 rings (SSSR count). The number of hydrogen-bond donors (Lipinski definition) is 2. The third-order valence-electron chi connectivity index (χ3n) is 3.46. The molecule has 2 aromatic rings. The fourth-order valence-electron chi connectivity index (χ4n) is 2.24. The van der Waals surface area contributed by atoms with Gasteiger partial charge >= 0.3 is 0 Å². The van der Waals surface area contributed by atoms with E-state index in [1.54, 1.807) is 13.2 Å². The van der Waals surface area contributed by atoms with Gasteiger partial charge in [-0.2, -0.15) is 0 Å². The van der Waals surface area contributed by atoms with Crippen molar-refractivity contribution in [1.82, 2.24) is 0 Å². The zero-order valence-electron chi connectivity index (χ0n) is 14.2. The van der Waals surface area contributed by atoms with Gasteiger partial charge in [-0.25, -0.2) is 0 Å². The van der Waals surface area contributed by atoms with Gasteiger partial charge in [0.15, 0.2) is 0 Å². The first kappa shape index (κ1) is 18.1. The molecule has 0 aliphatic heterocycles. The van der Waals surface area contributed by atoms with E-state index in [2.05, 4.69) is 10.6 Å². The Hall–Kier alpha value is -3.29. The fraction of sp³-hybridized carbons (Fsp3) is 0.235. The molecule has 25 heavy (non-hydrogen) atoms.